The van der Waals surface area contributed by atoms with Crippen molar-refractivity contribution in [2.24, 2.45) is 0 Å². The average Bonchev–Trinajstić information content (AvgIpc) is 2.41. The van der Waals surface area contributed by atoms with E-state index >= 15 is 0 Å². The van der Waals surface area contributed by atoms with Gasteiger partial charge in [0.2, 0.25) is 0 Å². The fourth-order valence-electron chi connectivity index (χ4n) is 2.05. The molecule has 3 heteroatoms. The number of halogens is 1. The Bertz CT molecular complexity index is 719. The van der Waals surface area contributed by atoms with E-state index in [0.717, 1.165) is 16.5 Å². The van der Waals surface area contributed by atoms with E-state index in [2.05, 4.69) is 4.98 Å². The van der Waals surface area contributed by atoms with Crippen molar-refractivity contribution < 1.29 is 9.50 Å². The van der Waals surface area contributed by atoms with Gasteiger partial charge in [0, 0.05) is 22.7 Å². The maximum absolute atomic E-state index is 13.3. The van der Waals surface area contributed by atoms with Gasteiger partial charge in [0.15, 0.2) is 0 Å². The molecule has 0 saturated heterocycles. The first-order chi connectivity index (χ1) is 8.75. The third kappa shape index (κ3) is 1.70. The minimum Gasteiger partial charge on any atom is -0.507 e. The molecule has 0 spiro atoms. The van der Waals surface area contributed by atoms with E-state index in [1.54, 1.807) is 6.20 Å². The maximum atomic E-state index is 13.3. The van der Waals surface area contributed by atoms with Crippen LogP contribution in [0.2, 0.25) is 0 Å². The van der Waals surface area contributed by atoms with Gasteiger partial charge in [-0.3, -0.25) is 4.98 Å². The number of pyridine rings is 1. The molecular weight excluding hydrogens is 229 g/mol. The molecule has 0 bridgehead atoms. The zero-order chi connectivity index (χ0) is 12.5. The first-order valence-electron chi connectivity index (χ1n) is 5.58. The van der Waals surface area contributed by atoms with Crippen LogP contribution < -0.4 is 0 Å². The molecule has 0 amide bonds. The molecule has 18 heavy (non-hydrogen) atoms. The highest BCUT2D eigenvalue weighted by Crippen LogP contribution is 2.33. The molecule has 1 aromatic heterocycles. The smallest absolute Gasteiger partial charge is 0.124 e. The molecular formula is C15H10FNO. The third-order valence-corrected chi connectivity index (χ3v) is 2.88. The number of hydrogen-bond acceptors (Lipinski definition) is 2. The molecule has 2 aromatic carbocycles. The number of para-hydroxylation sites is 1. The Morgan fingerprint density at radius 1 is 0.944 bits per heavy atom. The molecule has 2 nitrogen and oxygen atoms in total. The van der Waals surface area contributed by atoms with Crippen molar-refractivity contribution in [3.63, 3.8) is 0 Å². The number of aromatic hydroxyl groups is 1. The first-order valence-corrected chi connectivity index (χ1v) is 5.58. The highest BCUT2D eigenvalue weighted by atomic mass is 19.1. The van der Waals surface area contributed by atoms with Gasteiger partial charge in [-0.25, -0.2) is 4.39 Å². The van der Waals surface area contributed by atoms with Crippen LogP contribution in [0.5, 0.6) is 5.75 Å². The van der Waals surface area contributed by atoms with Crippen molar-refractivity contribution >= 4 is 10.9 Å². The van der Waals surface area contributed by atoms with Gasteiger partial charge in [0.1, 0.15) is 11.6 Å². The number of benzene rings is 2. The Balaban J connectivity index is 2.35. The van der Waals surface area contributed by atoms with Crippen molar-refractivity contribution in [1.82, 2.24) is 4.98 Å². The van der Waals surface area contributed by atoms with Crippen LogP contribution in [0.3, 0.4) is 0 Å². The molecule has 0 aliphatic carbocycles. The van der Waals surface area contributed by atoms with Crippen molar-refractivity contribution in [3.05, 3.63) is 60.5 Å². The van der Waals surface area contributed by atoms with Crippen LogP contribution in [0.15, 0.2) is 54.7 Å². The molecule has 1 heterocycles. The van der Waals surface area contributed by atoms with Crippen molar-refractivity contribution in [1.29, 1.82) is 0 Å². The van der Waals surface area contributed by atoms with Gasteiger partial charge in [-0.1, -0.05) is 24.3 Å². The van der Waals surface area contributed by atoms with Crippen LogP contribution in [0.1, 0.15) is 0 Å². The molecule has 3 rings (SSSR count). The van der Waals surface area contributed by atoms with E-state index in [1.165, 1.54) is 18.2 Å². The SMILES string of the molecule is Oc1ccc(F)cc1-c1cccc2cccnc12. The summed E-state index contributed by atoms with van der Waals surface area (Å²) < 4.78 is 13.3. The molecule has 0 saturated carbocycles. The minimum atomic E-state index is -0.379. The number of fused-ring (bicyclic) bond motifs is 1. The predicted molar refractivity (Wildman–Crippen MR) is 68.8 cm³/mol. The highest BCUT2D eigenvalue weighted by Gasteiger charge is 2.09. The summed E-state index contributed by atoms with van der Waals surface area (Å²) in [4.78, 5) is 4.29. The number of rotatable bonds is 1. The third-order valence-electron chi connectivity index (χ3n) is 2.88. The minimum absolute atomic E-state index is 0.0505. The second-order valence-corrected chi connectivity index (χ2v) is 4.04. The van der Waals surface area contributed by atoms with Gasteiger partial charge in [0.05, 0.1) is 5.52 Å². The van der Waals surface area contributed by atoms with Crippen LogP contribution in [0.4, 0.5) is 4.39 Å². The summed E-state index contributed by atoms with van der Waals surface area (Å²) in [5.74, 6) is -0.328. The largest absolute Gasteiger partial charge is 0.507 e. The van der Waals surface area contributed by atoms with Crippen LogP contribution in [-0.2, 0) is 0 Å². The standard InChI is InChI=1S/C15H10FNO/c16-11-6-7-14(18)13(9-11)12-5-1-3-10-4-2-8-17-15(10)12/h1-9,18H. The monoisotopic (exact) mass is 239 g/mol. The van der Waals surface area contributed by atoms with Gasteiger partial charge in [-0.2, -0.15) is 0 Å². The number of aromatic nitrogens is 1. The second-order valence-electron chi connectivity index (χ2n) is 4.04. The van der Waals surface area contributed by atoms with Gasteiger partial charge in [-0.05, 0) is 24.3 Å². The van der Waals surface area contributed by atoms with E-state index in [4.69, 9.17) is 0 Å². The fourth-order valence-corrected chi connectivity index (χ4v) is 2.05. The molecule has 0 radical (unpaired) electrons. The Kier molecular flexibility index (Phi) is 2.45. The van der Waals surface area contributed by atoms with E-state index in [9.17, 15) is 9.50 Å². The number of phenolic OH excluding ortho intramolecular Hbond substituents is 1. The summed E-state index contributed by atoms with van der Waals surface area (Å²) in [6.07, 6.45) is 1.68. The Morgan fingerprint density at radius 3 is 2.67 bits per heavy atom. The van der Waals surface area contributed by atoms with Crippen molar-refractivity contribution in [3.8, 4) is 16.9 Å². The molecule has 0 unspecified atom stereocenters. The maximum Gasteiger partial charge on any atom is 0.124 e. The first kappa shape index (κ1) is 10.7. The summed E-state index contributed by atoms with van der Waals surface area (Å²) in [5, 5.41) is 10.8. The van der Waals surface area contributed by atoms with E-state index in [0.29, 0.717) is 5.56 Å². The number of phenols is 1. The highest BCUT2D eigenvalue weighted by molar-refractivity contribution is 5.94. The lowest BCUT2D eigenvalue weighted by Crippen LogP contribution is -1.86. The van der Waals surface area contributed by atoms with E-state index in [-0.39, 0.29) is 11.6 Å². The quantitative estimate of drug-likeness (QED) is 0.701. The molecule has 0 aliphatic rings. The summed E-state index contributed by atoms with van der Waals surface area (Å²) in [7, 11) is 0. The van der Waals surface area contributed by atoms with Crippen LogP contribution in [0.25, 0.3) is 22.0 Å². The average molecular weight is 239 g/mol. The van der Waals surface area contributed by atoms with Gasteiger partial charge in [-0.15, -0.1) is 0 Å². The van der Waals surface area contributed by atoms with Crippen LogP contribution >= 0.6 is 0 Å². The summed E-state index contributed by atoms with van der Waals surface area (Å²) in [6, 6.07) is 13.3. The Hall–Kier alpha value is -2.42. The lowest BCUT2D eigenvalue weighted by molar-refractivity contribution is 0.475. The zero-order valence-electron chi connectivity index (χ0n) is 9.47. The number of hydrogen-bond donors (Lipinski definition) is 1. The van der Waals surface area contributed by atoms with Crippen LogP contribution in [-0.4, -0.2) is 10.1 Å². The Labute approximate surface area is 103 Å². The molecule has 0 atom stereocenters. The lowest BCUT2D eigenvalue weighted by atomic mass is 10.0. The van der Waals surface area contributed by atoms with E-state index < -0.39 is 0 Å². The van der Waals surface area contributed by atoms with Gasteiger partial charge >= 0.3 is 0 Å². The molecule has 3 aromatic rings. The summed E-state index contributed by atoms with van der Waals surface area (Å²) >= 11 is 0. The van der Waals surface area contributed by atoms with E-state index in [1.807, 2.05) is 30.3 Å². The molecule has 0 aliphatic heterocycles. The van der Waals surface area contributed by atoms with Crippen LogP contribution in [0, 0.1) is 5.82 Å². The topological polar surface area (TPSA) is 33.1 Å². The lowest BCUT2D eigenvalue weighted by Gasteiger charge is -2.07. The normalized spacial score (nSPS) is 10.7. The second kappa shape index (κ2) is 4.11. The van der Waals surface area contributed by atoms with Gasteiger partial charge < -0.3 is 5.11 Å². The summed E-state index contributed by atoms with van der Waals surface area (Å²) in [5.41, 5.74) is 1.94. The fraction of sp³-hybridized carbons (Fsp3) is 0. The molecule has 0 fully saturated rings. The zero-order valence-corrected chi connectivity index (χ0v) is 9.47. The molecule has 1 N–H and O–H groups in total. The predicted octanol–water partition coefficient (Wildman–Crippen LogP) is 3.75. The number of nitrogens with zero attached hydrogens (tertiary/aromatic N) is 1. The van der Waals surface area contributed by atoms with Crippen molar-refractivity contribution in [2.75, 3.05) is 0 Å². The summed E-state index contributed by atoms with van der Waals surface area (Å²) in [6.45, 7) is 0. The molecule has 88 valence electrons. The Morgan fingerprint density at radius 2 is 1.78 bits per heavy atom. The van der Waals surface area contributed by atoms with Gasteiger partial charge in [0.25, 0.3) is 0 Å². The van der Waals surface area contributed by atoms with Crippen molar-refractivity contribution in [2.45, 2.75) is 0 Å².